The highest BCUT2D eigenvalue weighted by molar-refractivity contribution is 6.18. The Balaban J connectivity index is 2.43. The Labute approximate surface area is 147 Å². The number of ketones is 1. The standard InChI is InChI=1S/C18H23ClO5/c1-4-24-17(21)18(7-5-6-8-19)11-12-9-14(22-2)15(23-3)10-13(12)16(18)20/h9-10H,4-8,11H2,1-3H3. The highest BCUT2D eigenvalue weighted by Gasteiger charge is 2.52. The van der Waals surface area contributed by atoms with Gasteiger partial charge in [0.25, 0.3) is 0 Å². The number of ether oxygens (including phenoxy) is 3. The van der Waals surface area contributed by atoms with E-state index in [1.165, 1.54) is 7.11 Å². The molecule has 132 valence electrons. The number of alkyl halides is 1. The van der Waals surface area contributed by atoms with Gasteiger partial charge in [-0.3, -0.25) is 9.59 Å². The lowest BCUT2D eigenvalue weighted by Crippen LogP contribution is -2.39. The van der Waals surface area contributed by atoms with Gasteiger partial charge in [-0.1, -0.05) is 6.42 Å². The fourth-order valence-corrected chi connectivity index (χ4v) is 3.39. The second-order valence-electron chi connectivity index (χ2n) is 5.82. The number of hydrogen-bond acceptors (Lipinski definition) is 5. The molecule has 1 aliphatic rings. The summed E-state index contributed by atoms with van der Waals surface area (Å²) in [5, 5.41) is 0. The summed E-state index contributed by atoms with van der Waals surface area (Å²) in [7, 11) is 3.06. The number of carbonyl (C=O) groups excluding carboxylic acids is 2. The average Bonchev–Trinajstić information content (AvgIpc) is 2.87. The van der Waals surface area contributed by atoms with Gasteiger partial charge in [0.2, 0.25) is 0 Å². The van der Waals surface area contributed by atoms with E-state index in [1.54, 1.807) is 26.2 Å². The maximum atomic E-state index is 13.1. The molecule has 0 amide bonds. The number of carbonyl (C=O) groups is 2. The fourth-order valence-electron chi connectivity index (χ4n) is 3.20. The zero-order chi connectivity index (χ0) is 17.7. The molecular formula is C18H23ClO5. The second-order valence-corrected chi connectivity index (χ2v) is 6.20. The highest BCUT2D eigenvalue weighted by Crippen LogP contribution is 2.45. The third kappa shape index (κ3) is 3.22. The number of benzene rings is 1. The van der Waals surface area contributed by atoms with Crippen LogP contribution in [0.1, 0.15) is 42.1 Å². The van der Waals surface area contributed by atoms with Gasteiger partial charge in [-0.05, 0) is 43.9 Å². The van der Waals surface area contributed by atoms with E-state index in [0.717, 1.165) is 12.0 Å². The van der Waals surface area contributed by atoms with E-state index < -0.39 is 11.4 Å². The first-order valence-corrected chi connectivity index (χ1v) is 8.60. The number of hydrogen-bond donors (Lipinski definition) is 0. The van der Waals surface area contributed by atoms with Gasteiger partial charge in [0.15, 0.2) is 17.3 Å². The molecule has 0 fully saturated rings. The zero-order valence-electron chi connectivity index (χ0n) is 14.3. The molecule has 1 unspecified atom stereocenters. The third-order valence-electron chi connectivity index (χ3n) is 4.43. The number of fused-ring (bicyclic) bond motifs is 1. The summed E-state index contributed by atoms with van der Waals surface area (Å²) in [6.45, 7) is 1.98. The van der Waals surface area contributed by atoms with Crippen LogP contribution in [0.15, 0.2) is 12.1 Å². The van der Waals surface area contributed by atoms with Gasteiger partial charge in [-0.2, -0.15) is 0 Å². The first-order chi connectivity index (χ1) is 11.5. The number of methoxy groups -OCH3 is 2. The van der Waals surface area contributed by atoms with Gasteiger partial charge < -0.3 is 14.2 Å². The fraction of sp³-hybridized carbons (Fsp3) is 0.556. The van der Waals surface area contributed by atoms with Crippen LogP contribution in [0.4, 0.5) is 0 Å². The predicted octanol–water partition coefficient (Wildman–Crippen LogP) is 3.40. The molecule has 1 atom stereocenters. The Kier molecular flexibility index (Phi) is 6.10. The van der Waals surface area contributed by atoms with Crippen molar-refractivity contribution >= 4 is 23.4 Å². The minimum absolute atomic E-state index is 0.202. The number of esters is 1. The van der Waals surface area contributed by atoms with E-state index in [0.29, 0.717) is 42.2 Å². The molecule has 0 aliphatic heterocycles. The van der Waals surface area contributed by atoms with Crippen LogP contribution >= 0.6 is 11.6 Å². The van der Waals surface area contributed by atoms with Crippen molar-refractivity contribution in [3.63, 3.8) is 0 Å². The van der Waals surface area contributed by atoms with Crippen molar-refractivity contribution in [2.45, 2.75) is 32.6 Å². The van der Waals surface area contributed by atoms with Crippen molar-refractivity contribution in [1.29, 1.82) is 0 Å². The Morgan fingerprint density at radius 2 is 1.88 bits per heavy atom. The topological polar surface area (TPSA) is 61.8 Å². The zero-order valence-corrected chi connectivity index (χ0v) is 15.1. The van der Waals surface area contributed by atoms with Gasteiger partial charge in [-0.25, -0.2) is 0 Å². The first kappa shape index (κ1) is 18.6. The lowest BCUT2D eigenvalue weighted by atomic mass is 9.79. The van der Waals surface area contributed by atoms with E-state index in [4.69, 9.17) is 25.8 Å². The Morgan fingerprint density at radius 3 is 2.46 bits per heavy atom. The van der Waals surface area contributed by atoms with Crippen LogP contribution in [0.3, 0.4) is 0 Å². The third-order valence-corrected chi connectivity index (χ3v) is 4.70. The summed E-state index contributed by atoms with van der Waals surface area (Å²) in [5.74, 6) is 0.862. The molecule has 0 heterocycles. The second kappa shape index (κ2) is 7.88. The molecule has 6 heteroatoms. The number of halogens is 1. The Bertz CT molecular complexity index is 628. The van der Waals surface area contributed by atoms with Crippen LogP contribution in [0.2, 0.25) is 0 Å². The number of unbranched alkanes of at least 4 members (excludes halogenated alkanes) is 1. The van der Waals surface area contributed by atoms with Crippen molar-refractivity contribution in [2.75, 3.05) is 26.7 Å². The van der Waals surface area contributed by atoms with Crippen molar-refractivity contribution in [3.8, 4) is 11.5 Å². The summed E-state index contributed by atoms with van der Waals surface area (Å²) < 4.78 is 15.8. The Morgan fingerprint density at radius 1 is 1.21 bits per heavy atom. The quantitative estimate of drug-likeness (QED) is 0.310. The molecule has 5 nitrogen and oxygen atoms in total. The molecule has 0 spiro atoms. The van der Waals surface area contributed by atoms with Gasteiger partial charge in [0.05, 0.1) is 20.8 Å². The van der Waals surface area contributed by atoms with Gasteiger partial charge >= 0.3 is 5.97 Å². The molecule has 0 bridgehead atoms. The molecule has 0 saturated carbocycles. The Hall–Kier alpha value is -1.75. The molecule has 2 rings (SSSR count). The summed E-state index contributed by atoms with van der Waals surface area (Å²) in [6.07, 6.45) is 2.19. The monoisotopic (exact) mass is 354 g/mol. The van der Waals surface area contributed by atoms with E-state index >= 15 is 0 Å². The van der Waals surface area contributed by atoms with Gasteiger partial charge in [0.1, 0.15) is 5.41 Å². The smallest absolute Gasteiger partial charge is 0.320 e. The normalized spacial score (nSPS) is 19.1. The van der Waals surface area contributed by atoms with Crippen molar-refractivity contribution in [3.05, 3.63) is 23.3 Å². The molecule has 24 heavy (non-hydrogen) atoms. The SMILES string of the molecule is CCOC(=O)C1(CCCCCl)Cc2cc(OC)c(OC)cc2C1=O. The van der Waals surface area contributed by atoms with Crippen LogP contribution in [-0.4, -0.2) is 38.5 Å². The maximum Gasteiger partial charge on any atom is 0.320 e. The molecule has 1 aromatic rings. The van der Waals surface area contributed by atoms with Crippen LogP contribution in [-0.2, 0) is 16.0 Å². The predicted molar refractivity (Wildman–Crippen MR) is 91.2 cm³/mol. The summed E-state index contributed by atoms with van der Waals surface area (Å²) in [6, 6.07) is 3.42. The minimum Gasteiger partial charge on any atom is -0.493 e. The van der Waals surface area contributed by atoms with Crippen LogP contribution in [0.25, 0.3) is 0 Å². The molecule has 0 N–H and O–H groups in total. The van der Waals surface area contributed by atoms with Crippen LogP contribution < -0.4 is 9.47 Å². The largest absolute Gasteiger partial charge is 0.493 e. The molecular weight excluding hydrogens is 332 g/mol. The first-order valence-electron chi connectivity index (χ1n) is 8.07. The van der Waals surface area contributed by atoms with E-state index in [9.17, 15) is 9.59 Å². The van der Waals surface area contributed by atoms with Crippen molar-refractivity contribution < 1.29 is 23.8 Å². The lowest BCUT2D eigenvalue weighted by Gasteiger charge is -2.24. The summed E-state index contributed by atoms with van der Waals surface area (Å²) in [4.78, 5) is 25.7. The summed E-state index contributed by atoms with van der Waals surface area (Å²) in [5.41, 5.74) is 0.130. The van der Waals surface area contributed by atoms with E-state index in [2.05, 4.69) is 0 Å². The van der Waals surface area contributed by atoms with Crippen LogP contribution in [0, 0.1) is 5.41 Å². The van der Waals surface area contributed by atoms with Crippen molar-refractivity contribution in [2.24, 2.45) is 5.41 Å². The van der Waals surface area contributed by atoms with Crippen molar-refractivity contribution in [1.82, 2.24) is 0 Å². The summed E-state index contributed by atoms with van der Waals surface area (Å²) >= 11 is 5.74. The minimum atomic E-state index is -1.16. The van der Waals surface area contributed by atoms with Gasteiger partial charge in [0, 0.05) is 11.4 Å². The molecule has 0 aromatic heterocycles. The lowest BCUT2D eigenvalue weighted by molar-refractivity contribution is -0.152. The molecule has 0 saturated heterocycles. The molecule has 1 aliphatic carbocycles. The number of Topliss-reactive ketones (excluding diaryl/α,β-unsaturated/α-hetero) is 1. The van der Waals surface area contributed by atoms with Crippen LogP contribution in [0.5, 0.6) is 11.5 Å². The number of rotatable bonds is 8. The maximum absolute atomic E-state index is 13.1. The average molecular weight is 355 g/mol. The molecule has 0 radical (unpaired) electrons. The van der Waals surface area contributed by atoms with E-state index in [-0.39, 0.29) is 12.4 Å². The highest BCUT2D eigenvalue weighted by atomic mass is 35.5. The van der Waals surface area contributed by atoms with Gasteiger partial charge in [-0.15, -0.1) is 11.6 Å². The molecule has 1 aromatic carbocycles. The van der Waals surface area contributed by atoms with E-state index in [1.807, 2.05) is 0 Å².